The van der Waals surface area contributed by atoms with Gasteiger partial charge in [0.2, 0.25) is 0 Å². The van der Waals surface area contributed by atoms with Gasteiger partial charge in [-0.25, -0.2) is 0 Å². The Morgan fingerprint density at radius 2 is 1.86 bits per heavy atom. The van der Waals surface area contributed by atoms with Crippen molar-refractivity contribution in [3.8, 4) is 5.75 Å². The topological polar surface area (TPSA) is 24.5 Å². The lowest BCUT2D eigenvalue weighted by Gasteiger charge is -2.27. The number of aryl methyl sites for hydroxylation is 1. The van der Waals surface area contributed by atoms with Crippen LogP contribution in [0.1, 0.15) is 44.6 Å². The molecule has 1 fully saturated rings. The van der Waals surface area contributed by atoms with Gasteiger partial charge in [-0.3, -0.25) is 0 Å². The van der Waals surface area contributed by atoms with E-state index in [1.807, 2.05) is 0 Å². The van der Waals surface area contributed by atoms with E-state index < -0.39 is 0 Å². The molecule has 0 aliphatic carbocycles. The van der Waals surface area contributed by atoms with E-state index in [4.69, 9.17) is 4.74 Å². The second-order valence-electron chi connectivity index (χ2n) is 6.21. The molecule has 2 rings (SSSR count). The quantitative estimate of drug-likeness (QED) is 0.670. The number of piperazine rings is 1. The smallest absolute Gasteiger partial charge is 0.122 e. The zero-order valence-electron chi connectivity index (χ0n) is 14.2. The Kier molecular flexibility index (Phi) is 8.36. The van der Waals surface area contributed by atoms with Crippen LogP contribution < -0.4 is 10.1 Å². The fourth-order valence-corrected chi connectivity index (χ4v) is 2.99. The van der Waals surface area contributed by atoms with Crippen molar-refractivity contribution in [2.45, 2.75) is 45.4 Å². The Morgan fingerprint density at radius 3 is 2.68 bits per heavy atom. The van der Waals surface area contributed by atoms with E-state index in [9.17, 15) is 0 Å². The summed E-state index contributed by atoms with van der Waals surface area (Å²) in [5, 5.41) is 3.41. The first-order valence-electron chi connectivity index (χ1n) is 9.04. The van der Waals surface area contributed by atoms with Gasteiger partial charge in [0.05, 0.1) is 6.61 Å². The highest BCUT2D eigenvalue weighted by Gasteiger charge is 2.09. The van der Waals surface area contributed by atoms with E-state index in [2.05, 4.69) is 41.4 Å². The average Bonchev–Trinajstić information content (AvgIpc) is 2.57. The first kappa shape index (κ1) is 17.3. The summed E-state index contributed by atoms with van der Waals surface area (Å²) in [7, 11) is 0. The lowest BCUT2D eigenvalue weighted by atomic mass is 10.1. The molecule has 0 aromatic heterocycles. The average molecular weight is 304 g/mol. The second kappa shape index (κ2) is 10.6. The second-order valence-corrected chi connectivity index (χ2v) is 6.21. The zero-order chi connectivity index (χ0) is 15.5. The van der Waals surface area contributed by atoms with E-state index in [-0.39, 0.29) is 0 Å². The molecule has 22 heavy (non-hydrogen) atoms. The Morgan fingerprint density at radius 1 is 1.05 bits per heavy atom. The lowest BCUT2D eigenvalue weighted by Crippen LogP contribution is -2.43. The van der Waals surface area contributed by atoms with Crippen molar-refractivity contribution in [1.82, 2.24) is 10.2 Å². The van der Waals surface area contributed by atoms with Crippen LogP contribution in [0.2, 0.25) is 0 Å². The largest absolute Gasteiger partial charge is 0.493 e. The highest BCUT2D eigenvalue weighted by atomic mass is 16.5. The summed E-state index contributed by atoms with van der Waals surface area (Å²) in [6.07, 6.45) is 7.38. The Balaban J connectivity index is 1.70. The van der Waals surface area contributed by atoms with Crippen molar-refractivity contribution in [1.29, 1.82) is 0 Å². The predicted octanol–water partition coefficient (Wildman–Crippen LogP) is 3.48. The van der Waals surface area contributed by atoms with Crippen LogP contribution in [0.25, 0.3) is 0 Å². The van der Waals surface area contributed by atoms with Gasteiger partial charge in [0, 0.05) is 26.2 Å². The van der Waals surface area contributed by atoms with Gasteiger partial charge < -0.3 is 15.0 Å². The summed E-state index contributed by atoms with van der Waals surface area (Å²) < 4.78 is 6.00. The SMILES string of the molecule is CCCCCCOc1ccccc1CCCN1CCNCC1. The monoisotopic (exact) mass is 304 g/mol. The van der Waals surface area contributed by atoms with Crippen molar-refractivity contribution < 1.29 is 4.74 Å². The normalized spacial score (nSPS) is 15.9. The minimum Gasteiger partial charge on any atom is -0.493 e. The number of nitrogens with one attached hydrogen (secondary N) is 1. The molecule has 124 valence electrons. The molecule has 0 radical (unpaired) electrons. The highest BCUT2D eigenvalue weighted by Crippen LogP contribution is 2.20. The maximum absolute atomic E-state index is 6.00. The van der Waals surface area contributed by atoms with E-state index in [1.165, 1.54) is 57.3 Å². The molecule has 1 aliphatic heterocycles. The van der Waals surface area contributed by atoms with Gasteiger partial charge >= 0.3 is 0 Å². The number of nitrogens with zero attached hydrogens (tertiary/aromatic N) is 1. The fourth-order valence-electron chi connectivity index (χ4n) is 2.99. The summed E-state index contributed by atoms with van der Waals surface area (Å²) >= 11 is 0. The minimum absolute atomic E-state index is 0.856. The maximum Gasteiger partial charge on any atom is 0.122 e. The lowest BCUT2D eigenvalue weighted by molar-refractivity contribution is 0.238. The molecule has 3 heteroatoms. The predicted molar refractivity (Wildman–Crippen MR) is 93.7 cm³/mol. The molecule has 0 atom stereocenters. The van der Waals surface area contributed by atoms with Crippen molar-refractivity contribution in [3.63, 3.8) is 0 Å². The molecular formula is C19H32N2O. The summed E-state index contributed by atoms with van der Waals surface area (Å²) in [4.78, 5) is 2.56. The molecule has 1 heterocycles. The summed E-state index contributed by atoms with van der Waals surface area (Å²) in [5.74, 6) is 1.10. The van der Waals surface area contributed by atoms with Crippen molar-refractivity contribution >= 4 is 0 Å². The first-order chi connectivity index (χ1) is 10.9. The van der Waals surface area contributed by atoms with Crippen LogP contribution in [0.3, 0.4) is 0 Å². The van der Waals surface area contributed by atoms with Crippen LogP contribution in [0.15, 0.2) is 24.3 Å². The molecule has 1 aromatic carbocycles. The maximum atomic E-state index is 6.00. The number of para-hydroxylation sites is 1. The molecule has 0 bridgehead atoms. The first-order valence-corrected chi connectivity index (χ1v) is 9.04. The van der Waals surface area contributed by atoms with E-state index >= 15 is 0 Å². The van der Waals surface area contributed by atoms with Crippen LogP contribution in [0.4, 0.5) is 0 Å². The summed E-state index contributed by atoms with van der Waals surface area (Å²) in [6.45, 7) is 8.95. The Labute approximate surface area is 136 Å². The van der Waals surface area contributed by atoms with Gasteiger partial charge in [0.1, 0.15) is 5.75 Å². The number of unbranched alkanes of at least 4 members (excludes halogenated alkanes) is 3. The Hall–Kier alpha value is -1.06. The van der Waals surface area contributed by atoms with Gasteiger partial charge in [0.15, 0.2) is 0 Å². The van der Waals surface area contributed by atoms with E-state index in [0.717, 1.165) is 31.9 Å². The number of benzene rings is 1. The summed E-state index contributed by atoms with van der Waals surface area (Å²) in [5.41, 5.74) is 1.37. The third-order valence-electron chi connectivity index (χ3n) is 4.36. The molecule has 1 N–H and O–H groups in total. The fraction of sp³-hybridized carbons (Fsp3) is 0.684. The highest BCUT2D eigenvalue weighted by molar-refractivity contribution is 5.33. The van der Waals surface area contributed by atoms with Gasteiger partial charge in [-0.1, -0.05) is 44.4 Å². The van der Waals surface area contributed by atoms with Crippen molar-refractivity contribution in [3.05, 3.63) is 29.8 Å². The molecule has 0 saturated carbocycles. The van der Waals surface area contributed by atoms with E-state index in [0.29, 0.717) is 0 Å². The molecule has 0 unspecified atom stereocenters. The standard InChI is InChI=1S/C19H32N2O/c1-2-3-4-7-17-22-19-11-6-5-9-18(19)10-8-14-21-15-12-20-13-16-21/h5-6,9,11,20H,2-4,7-8,10,12-17H2,1H3. The van der Waals surface area contributed by atoms with Gasteiger partial charge in [-0.05, 0) is 37.4 Å². The van der Waals surface area contributed by atoms with Gasteiger partial charge in [-0.2, -0.15) is 0 Å². The molecule has 1 aliphatic rings. The minimum atomic E-state index is 0.856. The van der Waals surface area contributed by atoms with Crippen LogP contribution >= 0.6 is 0 Å². The van der Waals surface area contributed by atoms with Crippen molar-refractivity contribution in [2.75, 3.05) is 39.3 Å². The third-order valence-corrected chi connectivity index (χ3v) is 4.36. The Bertz CT molecular complexity index is 402. The summed E-state index contributed by atoms with van der Waals surface area (Å²) in [6, 6.07) is 8.56. The van der Waals surface area contributed by atoms with Crippen LogP contribution in [-0.4, -0.2) is 44.2 Å². The van der Waals surface area contributed by atoms with Crippen LogP contribution in [-0.2, 0) is 6.42 Å². The number of hydrogen-bond acceptors (Lipinski definition) is 3. The number of ether oxygens (including phenoxy) is 1. The molecule has 0 amide bonds. The van der Waals surface area contributed by atoms with Gasteiger partial charge in [-0.15, -0.1) is 0 Å². The number of rotatable bonds is 10. The molecular weight excluding hydrogens is 272 g/mol. The number of hydrogen-bond donors (Lipinski definition) is 1. The van der Waals surface area contributed by atoms with Crippen molar-refractivity contribution in [2.24, 2.45) is 0 Å². The van der Waals surface area contributed by atoms with Gasteiger partial charge in [0.25, 0.3) is 0 Å². The van der Waals surface area contributed by atoms with Crippen LogP contribution in [0.5, 0.6) is 5.75 Å². The molecule has 1 saturated heterocycles. The third kappa shape index (κ3) is 6.37. The molecule has 3 nitrogen and oxygen atoms in total. The molecule has 0 spiro atoms. The van der Waals surface area contributed by atoms with E-state index in [1.54, 1.807) is 0 Å². The zero-order valence-corrected chi connectivity index (χ0v) is 14.2. The van der Waals surface area contributed by atoms with Crippen LogP contribution in [0, 0.1) is 0 Å². The molecule has 1 aromatic rings.